The molecule has 0 aliphatic carbocycles. The molecule has 0 bridgehead atoms. The minimum absolute atomic E-state index is 0.121. The number of ether oxygens (including phenoxy) is 1. The molecule has 0 spiro atoms. The van der Waals surface area contributed by atoms with E-state index in [4.69, 9.17) is 0 Å². The van der Waals surface area contributed by atoms with E-state index in [1.807, 2.05) is 30.3 Å². The molecule has 0 heterocycles. The normalized spacial score (nSPS) is 9.81. The zero-order valence-electron chi connectivity index (χ0n) is 9.14. The number of methoxy groups -OCH3 is 1. The summed E-state index contributed by atoms with van der Waals surface area (Å²) in [5.41, 5.74) is 1.03. The number of carbonyl (C=O) groups is 2. The van der Waals surface area contributed by atoms with Crippen LogP contribution in [0.3, 0.4) is 0 Å². The van der Waals surface area contributed by atoms with Crippen molar-refractivity contribution in [1.82, 2.24) is 0 Å². The molecule has 0 aliphatic rings. The van der Waals surface area contributed by atoms with Crippen molar-refractivity contribution in [3.63, 3.8) is 0 Å². The number of esters is 1. The van der Waals surface area contributed by atoms with Crippen molar-refractivity contribution < 1.29 is 14.3 Å². The Kier molecular flexibility index (Phi) is 5.83. The Morgan fingerprint density at radius 2 is 1.94 bits per heavy atom. The molecular formula is C12H14O3Se. The van der Waals surface area contributed by atoms with Crippen LogP contribution in [0.4, 0.5) is 0 Å². The van der Waals surface area contributed by atoms with Crippen molar-refractivity contribution in [3.05, 3.63) is 35.9 Å². The first-order chi connectivity index (χ1) is 7.72. The molecule has 0 aliphatic heterocycles. The average molecular weight is 285 g/mol. The van der Waals surface area contributed by atoms with Gasteiger partial charge in [-0.2, -0.15) is 0 Å². The van der Waals surface area contributed by atoms with E-state index in [9.17, 15) is 9.59 Å². The van der Waals surface area contributed by atoms with Crippen molar-refractivity contribution in [2.75, 3.05) is 7.11 Å². The van der Waals surface area contributed by atoms with Crippen LogP contribution in [0.5, 0.6) is 0 Å². The first kappa shape index (κ1) is 12.9. The number of benzene rings is 1. The van der Waals surface area contributed by atoms with Crippen molar-refractivity contribution >= 4 is 25.6 Å². The third kappa shape index (κ3) is 5.10. The zero-order chi connectivity index (χ0) is 11.8. The molecule has 4 heteroatoms. The molecular weight excluding hydrogens is 271 g/mol. The van der Waals surface area contributed by atoms with Crippen LogP contribution in [0, 0.1) is 0 Å². The third-order valence-corrected chi connectivity index (χ3v) is 3.82. The Bertz CT molecular complexity index is 349. The number of hydrogen-bond donors (Lipinski definition) is 0. The van der Waals surface area contributed by atoms with Crippen LogP contribution < -0.4 is 0 Å². The summed E-state index contributed by atoms with van der Waals surface area (Å²) in [6.07, 6.45) is 0.818. The Morgan fingerprint density at radius 3 is 2.56 bits per heavy atom. The molecule has 1 aromatic carbocycles. The molecule has 0 saturated heterocycles. The molecule has 0 unspecified atom stereocenters. The fourth-order valence-corrected chi connectivity index (χ4v) is 2.77. The summed E-state index contributed by atoms with van der Waals surface area (Å²) in [7, 11) is 1.36. The summed E-state index contributed by atoms with van der Waals surface area (Å²) in [6, 6.07) is 9.65. The predicted octanol–water partition coefficient (Wildman–Crippen LogP) is 1.44. The average Bonchev–Trinajstić information content (AvgIpc) is 2.30. The first-order valence-corrected chi connectivity index (χ1v) is 7.05. The van der Waals surface area contributed by atoms with Gasteiger partial charge < -0.3 is 0 Å². The number of carbonyl (C=O) groups excluding carboxylic acids is 2. The van der Waals surface area contributed by atoms with Crippen molar-refractivity contribution in [1.29, 1.82) is 0 Å². The molecule has 0 N–H and O–H groups in total. The van der Waals surface area contributed by atoms with E-state index in [1.165, 1.54) is 7.11 Å². The Morgan fingerprint density at radius 1 is 1.25 bits per heavy atom. The molecule has 0 aromatic heterocycles. The second kappa shape index (κ2) is 7.20. The monoisotopic (exact) mass is 286 g/mol. The molecule has 0 fully saturated rings. The second-order valence-corrected chi connectivity index (χ2v) is 5.63. The summed E-state index contributed by atoms with van der Waals surface area (Å²) < 4.78 is 4.73. The van der Waals surface area contributed by atoms with Gasteiger partial charge in [0.15, 0.2) is 0 Å². The first-order valence-electron chi connectivity index (χ1n) is 4.98. The van der Waals surface area contributed by atoms with E-state index in [2.05, 4.69) is 4.74 Å². The summed E-state index contributed by atoms with van der Waals surface area (Å²) >= 11 is -0.121. The van der Waals surface area contributed by atoms with Crippen molar-refractivity contribution in [3.8, 4) is 0 Å². The third-order valence-electron chi connectivity index (χ3n) is 1.99. The van der Waals surface area contributed by atoms with Crippen LogP contribution in [0.1, 0.15) is 12.0 Å². The molecule has 0 amide bonds. The van der Waals surface area contributed by atoms with Crippen LogP contribution in [0.2, 0.25) is 5.32 Å². The van der Waals surface area contributed by atoms with Crippen LogP contribution in [0.25, 0.3) is 0 Å². The molecule has 86 valence electrons. The molecule has 3 nitrogen and oxygen atoms in total. The summed E-state index contributed by atoms with van der Waals surface area (Å²) in [4.78, 5) is 22.4. The van der Waals surface area contributed by atoms with Gasteiger partial charge in [0.05, 0.1) is 0 Å². The second-order valence-electron chi connectivity index (χ2n) is 3.21. The predicted molar refractivity (Wildman–Crippen MR) is 62.3 cm³/mol. The van der Waals surface area contributed by atoms with E-state index >= 15 is 0 Å². The number of rotatable bonds is 6. The van der Waals surface area contributed by atoms with E-state index < -0.39 is 0 Å². The Balaban J connectivity index is 2.24. The summed E-state index contributed by atoms with van der Waals surface area (Å²) in [5, 5.41) is 0.630. The Labute approximate surface area is 101 Å². The standard InChI is InChI=1S/C12H14O3Se/c1-15-11(13)7-8-16-12(14)9-10-5-3-2-4-6-10/h2-6H,7-9H2,1H3. The Hall–Kier alpha value is -1.12. The van der Waals surface area contributed by atoms with Crippen LogP contribution in [-0.2, 0) is 20.7 Å². The van der Waals surface area contributed by atoms with Crippen LogP contribution >= 0.6 is 0 Å². The van der Waals surface area contributed by atoms with Gasteiger partial charge in [0.25, 0.3) is 0 Å². The van der Waals surface area contributed by atoms with Crippen molar-refractivity contribution in [2.24, 2.45) is 0 Å². The number of hydrogen-bond acceptors (Lipinski definition) is 3. The molecule has 1 aromatic rings. The summed E-state index contributed by atoms with van der Waals surface area (Å²) in [5.74, 6) is -0.241. The minimum atomic E-state index is -0.241. The topological polar surface area (TPSA) is 43.4 Å². The van der Waals surface area contributed by atoms with E-state index in [1.54, 1.807) is 0 Å². The van der Waals surface area contributed by atoms with Crippen molar-refractivity contribution in [2.45, 2.75) is 18.2 Å². The van der Waals surface area contributed by atoms with Crippen LogP contribution in [-0.4, -0.2) is 32.7 Å². The van der Waals surface area contributed by atoms with Gasteiger partial charge in [0.2, 0.25) is 0 Å². The molecule has 0 saturated carbocycles. The van der Waals surface area contributed by atoms with E-state index in [-0.39, 0.29) is 25.6 Å². The van der Waals surface area contributed by atoms with Gasteiger partial charge in [0, 0.05) is 0 Å². The van der Waals surface area contributed by atoms with E-state index in [0.29, 0.717) is 18.2 Å². The fraction of sp³-hybridized carbons (Fsp3) is 0.333. The van der Waals surface area contributed by atoms with Gasteiger partial charge in [-0.05, 0) is 0 Å². The van der Waals surface area contributed by atoms with Gasteiger partial charge in [-0.15, -0.1) is 0 Å². The fourth-order valence-electron chi connectivity index (χ4n) is 1.16. The van der Waals surface area contributed by atoms with Gasteiger partial charge in [0.1, 0.15) is 0 Å². The molecule has 16 heavy (non-hydrogen) atoms. The molecule has 1 rings (SSSR count). The SMILES string of the molecule is COC(=O)CC[Se]C(=O)Cc1ccccc1. The molecule has 0 radical (unpaired) electrons. The van der Waals surface area contributed by atoms with E-state index in [0.717, 1.165) is 5.56 Å². The molecule has 0 atom stereocenters. The summed E-state index contributed by atoms with van der Waals surface area (Å²) in [6.45, 7) is 0. The maximum atomic E-state index is 11.6. The van der Waals surface area contributed by atoms with Gasteiger partial charge in [-0.25, -0.2) is 0 Å². The zero-order valence-corrected chi connectivity index (χ0v) is 10.9. The quantitative estimate of drug-likeness (QED) is 0.587. The van der Waals surface area contributed by atoms with Crippen LogP contribution in [0.15, 0.2) is 30.3 Å². The van der Waals surface area contributed by atoms with Gasteiger partial charge >= 0.3 is 101 Å². The van der Waals surface area contributed by atoms with Gasteiger partial charge in [-0.1, -0.05) is 0 Å². The van der Waals surface area contributed by atoms with Gasteiger partial charge in [-0.3, -0.25) is 0 Å². The maximum absolute atomic E-state index is 11.6.